The molecule has 1 aromatic carbocycles. The summed E-state index contributed by atoms with van der Waals surface area (Å²) in [7, 11) is -1.90. The van der Waals surface area contributed by atoms with Gasteiger partial charge in [-0.1, -0.05) is 18.2 Å². The summed E-state index contributed by atoms with van der Waals surface area (Å²) in [6, 6.07) is 8.27. The molecule has 18 heavy (non-hydrogen) atoms. The fraction of sp³-hybridized carbons (Fsp3) is 0.167. The van der Waals surface area contributed by atoms with Crippen LogP contribution in [0.5, 0.6) is 5.88 Å². The number of hydrogen-bond acceptors (Lipinski definition) is 5. The maximum Gasteiger partial charge on any atom is 0.231 e. The highest BCUT2D eigenvalue weighted by atomic mass is 32.2. The van der Waals surface area contributed by atoms with E-state index in [0.29, 0.717) is 11.6 Å². The highest BCUT2D eigenvalue weighted by molar-refractivity contribution is 7.90. The van der Waals surface area contributed by atoms with Gasteiger partial charge in [-0.05, 0) is 12.1 Å². The molecule has 0 atom stereocenters. The molecule has 5 nitrogen and oxygen atoms in total. The quantitative estimate of drug-likeness (QED) is 0.836. The van der Waals surface area contributed by atoms with Gasteiger partial charge in [-0.25, -0.2) is 13.4 Å². The molecule has 0 radical (unpaired) electrons. The van der Waals surface area contributed by atoms with Crippen LogP contribution >= 0.6 is 0 Å². The van der Waals surface area contributed by atoms with Crippen molar-refractivity contribution in [1.29, 1.82) is 0 Å². The number of aromatic nitrogens is 2. The van der Waals surface area contributed by atoms with E-state index in [1.54, 1.807) is 30.3 Å². The monoisotopic (exact) mass is 264 g/mol. The lowest BCUT2D eigenvalue weighted by Gasteiger charge is -2.04. The lowest BCUT2D eigenvalue weighted by atomic mass is 10.4. The zero-order valence-corrected chi connectivity index (χ0v) is 10.6. The second-order valence-corrected chi connectivity index (χ2v) is 5.61. The predicted octanol–water partition coefficient (Wildman–Crippen LogP) is 1.46. The first-order valence-electron chi connectivity index (χ1n) is 5.24. The molecule has 0 aliphatic rings. The molecule has 2 rings (SSSR count). The molecule has 0 saturated heterocycles. The number of methoxy groups -OCH3 is 1. The van der Waals surface area contributed by atoms with E-state index >= 15 is 0 Å². The highest BCUT2D eigenvalue weighted by Crippen LogP contribution is 2.15. The van der Waals surface area contributed by atoms with Crippen LogP contribution in [0, 0.1) is 0 Å². The third-order valence-corrected chi connectivity index (χ3v) is 4.00. The van der Waals surface area contributed by atoms with E-state index in [4.69, 9.17) is 4.74 Å². The molecule has 0 unspecified atom stereocenters. The zero-order valence-electron chi connectivity index (χ0n) is 9.78. The van der Waals surface area contributed by atoms with Gasteiger partial charge in [0.15, 0.2) is 9.84 Å². The van der Waals surface area contributed by atoms with E-state index in [1.165, 1.54) is 19.5 Å². The molecule has 0 spiro atoms. The van der Waals surface area contributed by atoms with Gasteiger partial charge < -0.3 is 4.74 Å². The standard InChI is InChI=1S/C12H12N2O3S/c1-17-12-8-13-10(7-14-12)9-18(15,16)11-5-3-2-4-6-11/h2-8H,9H2,1H3. The van der Waals surface area contributed by atoms with Gasteiger partial charge in [-0.3, -0.25) is 4.98 Å². The van der Waals surface area contributed by atoms with Crippen molar-refractivity contribution in [3.63, 3.8) is 0 Å². The van der Waals surface area contributed by atoms with Crippen LogP contribution in [-0.2, 0) is 15.6 Å². The minimum absolute atomic E-state index is 0.173. The molecule has 0 aliphatic carbocycles. The van der Waals surface area contributed by atoms with Crippen molar-refractivity contribution < 1.29 is 13.2 Å². The lowest BCUT2D eigenvalue weighted by Crippen LogP contribution is -2.06. The van der Waals surface area contributed by atoms with Crippen molar-refractivity contribution in [2.45, 2.75) is 10.6 Å². The second kappa shape index (κ2) is 5.14. The largest absolute Gasteiger partial charge is 0.480 e. The van der Waals surface area contributed by atoms with Gasteiger partial charge in [0.2, 0.25) is 5.88 Å². The number of hydrogen-bond donors (Lipinski definition) is 0. The molecule has 0 amide bonds. The summed E-state index contributed by atoms with van der Waals surface area (Å²) in [4.78, 5) is 8.20. The van der Waals surface area contributed by atoms with Crippen molar-refractivity contribution >= 4 is 9.84 Å². The Labute approximate surface area is 105 Å². The zero-order chi connectivity index (χ0) is 13.0. The van der Waals surface area contributed by atoms with Crippen molar-refractivity contribution in [2.24, 2.45) is 0 Å². The molecule has 0 bridgehead atoms. The molecule has 1 heterocycles. The van der Waals surface area contributed by atoms with Crippen LogP contribution in [0.3, 0.4) is 0 Å². The van der Waals surface area contributed by atoms with Crippen molar-refractivity contribution in [1.82, 2.24) is 9.97 Å². The van der Waals surface area contributed by atoms with E-state index in [9.17, 15) is 8.42 Å². The Morgan fingerprint density at radius 1 is 1.11 bits per heavy atom. The van der Waals surface area contributed by atoms with Gasteiger partial charge in [0.05, 0.1) is 35.8 Å². The summed E-state index contributed by atoms with van der Waals surface area (Å²) in [6.07, 6.45) is 2.80. The molecule has 1 aromatic heterocycles. The van der Waals surface area contributed by atoms with Crippen LogP contribution < -0.4 is 4.74 Å². The summed E-state index contributed by atoms with van der Waals surface area (Å²) in [6.45, 7) is 0. The Balaban J connectivity index is 2.22. The molecule has 2 aromatic rings. The van der Waals surface area contributed by atoms with Gasteiger partial charge in [0, 0.05) is 0 Å². The normalized spacial score (nSPS) is 11.2. The molecular weight excluding hydrogens is 252 g/mol. The number of nitrogens with zero attached hydrogens (tertiary/aromatic N) is 2. The second-order valence-electron chi connectivity index (χ2n) is 3.62. The van der Waals surface area contributed by atoms with Crippen LogP contribution in [-0.4, -0.2) is 25.5 Å². The van der Waals surface area contributed by atoms with Gasteiger partial charge in [-0.15, -0.1) is 0 Å². The molecule has 94 valence electrons. The lowest BCUT2D eigenvalue weighted by molar-refractivity contribution is 0.395. The van der Waals surface area contributed by atoms with Crippen LogP contribution in [0.4, 0.5) is 0 Å². The minimum atomic E-state index is -3.38. The Morgan fingerprint density at radius 3 is 2.39 bits per heavy atom. The number of benzene rings is 1. The molecule has 0 saturated carbocycles. The Kier molecular flexibility index (Phi) is 3.57. The van der Waals surface area contributed by atoms with E-state index in [-0.39, 0.29) is 10.6 Å². The first-order chi connectivity index (χ1) is 8.62. The third kappa shape index (κ3) is 2.84. The van der Waals surface area contributed by atoms with Gasteiger partial charge >= 0.3 is 0 Å². The van der Waals surface area contributed by atoms with Crippen molar-refractivity contribution in [3.8, 4) is 5.88 Å². The fourth-order valence-electron chi connectivity index (χ4n) is 1.43. The van der Waals surface area contributed by atoms with E-state index in [1.807, 2.05) is 0 Å². The number of rotatable bonds is 4. The van der Waals surface area contributed by atoms with Crippen LogP contribution in [0.1, 0.15) is 5.69 Å². The summed E-state index contributed by atoms with van der Waals surface area (Å²) >= 11 is 0. The topological polar surface area (TPSA) is 69.2 Å². The first-order valence-corrected chi connectivity index (χ1v) is 6.90. The molecule has 0 fully saturated rings. The van der Waals surface area contributed by atoms with Crippen molar-refractivity contribution in [2.75, 3.05) is 7.11 Å². The van der Waals surface area contributed by atoms with Gasteiger partial charge in [0.1, 0.15) is 0 Å². The Hall–Kier alpha value is -1.95. The van der Waals surface area contributed by atoms with Crippen molar-refractivity contribution in [3.05, 3.63) is 48.4 Å². The first kappa shape index (κ1) is 12.5. The Bertz CT molecular complexity index is 610. The van der Waals surface area contributed by atoms with Crippen LogP contribution in [0.25, 0.3) is 0 Å². The van der Waals surface area contributed by atoms with Crippen LogP contribution in [0.2, 0.25) is 0 Å². The molecule has 0 N–H and O–H groups in total. The number of sulfone groups is 1. The minimum Gasteiger partial charge on any atom is -0.480 e. The molecule has 0 aliphatic heterocycles. The third-order valence-electron chi connectivity index (χ3n) is 2.33. The van der Waals surface area contributed by atoms with E-state index < -0.39 is 9.84 Å². The average Bonchev–Trinajstić information content (AvgIpc) is 2.40. The smallest absolute Gasteiger partial charge is 0.231 e. The SMILES string of the molecule is COc1cnc(CS(=O)(=O)c2ccccc2)cn1. The molecule has 6 heteroatoms. The average molecular weight is 264 g/mol. The predicted molar refractivity (Wildman–Crippen MR) is 65.9 cm³/mol. The maximum atomic E-state index is 12.1. The molecular formula is C12H12N2O3S. The van der Waals surface area contributed by atoms with Crippen LogP contribution in [0.15, 0.2) is 47.6 Å². The van der Waals surface area contributed by atoms with E-state index in [0.717, 1.165) is 0 Å². The summed E-state index contributed by atoms with van der Waals surface area (Å²) < 4.78 is 29.0. The maximum absolute atomic E-state index is 12.1. The Morgan fingerprint density at radius 2 is 1.83 bits per heavy atom. The van der Waals surface area contributed by atoms with E-state index in [2.05, 4.69) is 9.97 Å². The highest BCUT2D eigenvalue weighted by Gasteiger charge is 2.15. The fourth-order valence-corrected chi connectivity index (χ4v) is 2.71. The number of ether oxygens (including phenoxy) is 1. The van der Waals surface area contributed by atoms with Gasteiger partial charge in [-0.2, -0.15) is 0 Å². The summed E-state index contributed by atoms with van der Waals surface area (Å²) in [5.41, 5.74) is 0.389. The summed E-state index contributed by atoms with van der Waals surface area (Å²) in [5, 5.41) is 0. The summed E-state index contributed by atoms with van der Waals surface area (Å²) in [5.74, 6) is 0.185. The van der Waals surface area contributed by atoms with Gasteiger partial charge in [0.25, 0.3) is 0 Å².